The molecule has 1 fully saturated rings. The highest BCUT2D eigenvalue weighted by atomic mass is 16.2. The van der Waals surface area contributed by atoms with Gasteiger partial charge < -0.3 is 14.8 Å². The number of hydrogen-bond acceptors (Lipinski definition) is 3. The van der Waals surface area contributed by atoms with E-state index in [2.05, 4.69) is 10.3 Å². The highest BCUT2D eigenvalue weighted by Gasteiger charge is 2.29. The number of nitrogens with zero attached hydrogens (tertiary/aromatic N) is 3. The van der Waals surface area contributed by atoms with Gasteiger partial charge in [-0.3, -0.25) is 14.6 Å². The average molecular weight is 354 g/mol. The minimum Gasteiger partial charge on any atom is -0.343 e. The second-order valence-corrected chi connectivity index (χ2v) is 6.88. The molecule has 2 aromatic rings. The third-order valence-corrected chi connectivity index (χ3v) is 5.12. The molecule has 2 amide bonds. The maximum absolute atomic E-state index is 12.7. The Morgan fingerprint density at radius 1 is 1.23 bits per heavy atom. The van der Waals surface area contributed by atoms with Gasteiger partial charge in [0.15, 0.2) is 0 Å². The van der Waals surface area contributed by atoms with Crippen LogP contribution < -0.4 is 5.32 Å². The molecule has 0 bridgehead atoms. The number of piperidine rings is 1. The summed E-state index contributed by atoms with van der Waals surface area (Å²) >= 11 is 0. The van der Waals surface area contributed by atoms with E-state index in [0.29, 0.717) is 5.69 Å². The molecule has 1 N–H and O–H groups in total. The van der Waals surface area contributed by atoms with Crippen molar-refractivity contribution in [2.75, 3.05) is 6.54 Å². The molecule has 0 unspecified atom stereocenters. The Bertz CT molecular complexity index is 784. The van der Waals surface area contributed by atoms with Gasteiger partial charge in [0, 0.05) is 32.4 Å². The molecule has 0 spiro atoms. The molecule has 26 heavy (non-hydrogen) atoms. The summed E-state index contributed by atoms with van der Waals surface area (Å²) in [6.45, 7) is 4.32. The van der Waals surface area contributed by atoms with Crippen LogP contribution in [0, 0.1) is 0 Å². The molecule has 0 saturated carbocycles. The second kappa shape index (κ2) is 7.72. The Labute approximate surface area is 154 Å². The minimum atomic E-state index is -0.176. The van der Waals surface area contributed by atoms with E-state index >= 15 is 0 Å². The summed E-state index contributed by atoms with van der Waals surface area (Å²) in [4.78, 5) is 30.9. The maximum atomic E-state index is 12.7. The van der Waals surface area contributed by atoms with Crippen molar-refractivity contribution in [3.8, 4) is 0 Å². The van der Waals surface area contributed by atoms with Crippen molar-refractivity contribution >= 4 is 11.8 Å². The predicted molar refractivity (Wildman–Crippen MR) is 99.5 cm³/mol. The minimum absolute atomic E-state index is 0.0426. The van der Waals surface area contributed by atoms with Gasteiger partial charge in [-0.2, -0.15) is 0 Å². The topological polar surface area (TPSA) is 67.2 Å². The number of nitrogens with one attached hydrogen (secondary N) is 1. The first kappa shape index (κ1) is 18.2. The Hall–Kier alpha value is -2.63. The number of aromatic nitrogens is 2. The van der Waals surface area contributed by atoms with E-state index in [-0.39, 0.29) is 23.9 Å². The van der Waals surface area contributed by atoms with Crippen LogP contribution in [0.1, 0.15) is 67.1 Å². The van der Waals surface area contributed by atoms with E-state index in [1.54, 1.807) is 13.1 Å². The van der Waals surface area contributed by atoms with Crippen LogP contribution in [0.4, 0.5) is 0 Å². The average Bonchev–Trinajstić information content (AvgIpc) is 3.03. The molecule has 0 aliphatic carbocycles. The van der Waals surface area contributed by atoms with Crippen LogP contribution in [0.2, 0.25) is 0 Å². The highest BCUT2D eigenvalue weighted by Crippen LogP contribution is 2.31. The zero-order chi connectivity index (χ0) is 18.7. The smallest absolute Gasteiger partial charge is 0.268 e. The van der Waals surface area contributed by atoms with E-state index in [1.165, 1.54) is 0 Å². The first-order valence-electron chi connectivity index (χ1n) is 9.13. The number of amides is 2. The largest absolute Gasteiger partial charge is 0.343 e. The lowest BCUT2D eigenvalue weighted by Gasteiger charge is -2.35. The summed E-state index contributed by atoms with van der Waals surface area (Å²) < 4.78 is 1.91. The van der Waals surface area contributed by atoms with Crippen LogP contribution in [0.25, 0.3) is 0 Å². The molecule has 2 atom stereocenters. The van der Waals surface area contributed by atoms with Crippen LogP contribution in [0.15, 0.2) is 36.5 Å². The quantitative estimate of drug-likeness (QED) is 0.918. The van der Waals surface area contributed by atoms with E-state index in [1.807, 2.05) is 53.8 Å². The van der Waals surface area contributed by atoms with E-state index < -0.39 is 0 Å². The van der Waals surface area contributed by atoms with Crippen molar-refractivity contribution in [3.63, 3.8) is 0 Å². The van der Waals surface area contributed by atoms with Gasteiger partial charge in [0.1, 0.15) is 5.69 Å². The van der Waals surface area contributed by atoms with Crippen LogP contribution in [0.5, 0.6) is 0 Å². The number of likely N-dealkylation sites (tertiary alicyclic amines) is 1. The second-order valence-electron chi connectivity index (χ2n) is 6.88. The molecule has 1 saturated heterocycles. The molecule has 1 aliphatic rings. The van der Waals surface area contributed by atoms with Crippen molar-refractivity contribution in [2.24, 2.45) is 7.05 Å². The summed E-state index contributed by atoms with van der Waals surface area (Å²) in [6, 6.07) is 9.33. The first-order valence-corrected chi connectivity index (χ1v) is 9.13. The monoisotopic (exact) mass is 354 g/mol. The Kier molecular flexibility index (Phi) is 5.40. The van der Waals surface area contributed by atoms with Gasteiger partial charge in [-0.1, -0.05) is 6.07 Å². The maximum Gasteiger partial charge on any atom is 0.268 e. The molecule has 138 valence electrons. The first-order chi connectivity index (χ1) is 12.5. The fourth-order valence-corrected chi connectivity index (χ4v) is 3.68. The van der Waals surface area contributed by atoms with Gasteiger partial charge in [0.2, 0.25) is 5.91 Å². The van der Waals surface area contributed by atoms with Gasteiger partial charge in [-0.25, -0.2) is 0 Å². The van der Waals surface area contributed by atoms with Crippen molar-refractivity contribution in [3.05, 3.63) is 53.6 Å². The van der Waals surface area contributed by atoms with Crippen LogP contribution in [0.3, 0.4) is 0 Å². The summed E-state index contributed by atoms with van der Waals surface area (Å²) in [6.07, 6.45) is 4.79. The zero-order valence-electron chi connectivity index (χ0n) is 15.6. The lowest BCUT2D eigenvalue weighted by Crippen LogP contribution is -2.38. The molecule has 3 heterocycles. The van der Waals surface area contributed by atoms with Gasteiger partial charge in [-0.05, 0) is 50.5 Å². The number of hydrogen-bond donors (Lipinski definition) is 1. The van der Waals surface area contributed by atoms with Gasteiger partial charge >= 0.3 is 0 Å². The van der Waals surface area contributed by atoms with E-state index in [4.69, 9.17) is 0 Å². The number of pyridine rings is 1. The molecule has 6 heteroatoms. The van der Waals surface area contributed by atoms with Crippen LogP contribution in [-0.4, -0.2) is 32.8 Å². The van der Waals surface area contributed by atoms with Gasteiger partial charge in [0.05, 0.1) is 17.8 Å². The number of rotatable bonds is 4. The molecular formula is C20H26N4O2. The summed E-state index contributed by atoms with van der Waals surface area (Å²) in [5, 5.41) is 3.00. The van der Waals surface area contributed by atoms with Crippen molar-refractivity contribution < 1.29 is 9.59 Å². The zero-order valence-corrected chi connectivity index (χ0v) is 15.6. The molecule has 3 rings (SSSR count). The summed E-state index contributed by atoms with van der Waals surface area (Å²) in [7, 11) is 1.89. The molecule has 2 aromatic heterocycles. The third kappa shape index (κ3) is 3.64. The number of carbonyl (C=O) groups excluding carboxylic acids is 2. The van der Waals surface area contributed by atoms with Crippen molar-refractivity contribution in [1.29, 1.82) is 0 Å². The normalized spacial score (nSPS) is 18.4. The van der Waals surface area contributed by atoms with E-state index in [9.17, 15) is 9.59 Å². The standard InChI is InChI=1S/C20H26N4O2/c1-14(16-8-4-6-12-21-16)22-20(26)19-11-10-17(23(19)3)18-9-5-7-13-24(18)15(2)25/h4,6,8,10-12,14,18H,5,7,9,13H2,1-3H3,(H,22,26)/t14-,18+/m1/s1. The molecular weight excluding hydrogens is 328 g/mol. The number of carbonyl (C=O) groups is 2. The molecule has 0 aromatic carbocycles. The lowest BCUT2D eigenvalue weighted by molar-refractivity contribution is -0.132. The highest BCUT2D eigenvalue weighted by molar-refractivity contribution is 5.93. The summed E-state index contributed by atoms with van der Waals surface area (Å²) in [5.41, 5.74) is 2.43. The predicted octanol–water partition coefficient (Wildman–Crippen LogP) is 2.98. The van der Waals surface area contributed by atoms with Crippen molar-refractivity contribution in [1.82, 2.24) is 19.8 Å². The van der Waals surface area contributed by atoms with Gasteiger partial charge in [0.25, 0.3) is 5.91 Å². The van der Waals surface area contributed by atoms with Crippen LogP contribution >= 0.6 is 0 Å². The molecule has 1 aliphatic heterocycles. The third-order valence-electron chi connectivity index (χ3n) is 5.12. The Morgan fingerprint density at radius 2 is 2.04 bits per heavy atom. The van der Waals surface area contributed by atoms with Crippen LogP contribution in [-0.2, 0) is 11.8 Å². The fourth-order valence-electron chi connectivity index (χ4n) is 3.68. The van der Waals surface area contributed by atoms with Crippen molar-refractivity contribution in [2.45, 2.75) is 45.2 Å². The lowest BCUT2D eigenvalue weighted by atomic mass is 9.99. The summed E-state index contributed by atoms with van der Waals surface area (Å²) in [5.74, 6) is -0.0484. The molecule has 6 nitrogen and oxygen atoms in total. The fraction of sp³-hybridized carbons (Fsp3) is 0.450. The SMILES string of the molecule is CC(=O)N1CCCC[C@H]1c1ccc(C(=O)N[C@H](C)c2ccccn2)n1C. The Morgan fingerprint density at radius 3 is 2.73 bits per heavy atom. The van der Waals surface area contributed by atoms with E-state index in [0.717, 1.165) is 37.2 Å². The Balaban J connectivity index is 1.78. The molecule has 0 radical (unpaired) electrons. The van der Waals surface area contributed by atoms with Gasteiger partial charge in [-0.15, -0.1) is 0 Å².